The number of H-pyrrole nitrogens is 1. The number of hydrogen-bond donors (Lipinski definition) is 2. The van der Waals surface area contributed by atoms with Crippen molar-refractivity contribution in [3.8, 4) is 0 Å². The molecule has 0 radical (unpaired) electrons. The van der Waals surface area contributed by atoms with Crippen molar-refractivity contribution in [1.29, 1.82) is 0 Å². The number of amides is 1. The third-order valence-electron chi connectivity index (χ3n) is 7.11. The molecule has 2 aliphatic rings. The molecule has 1 atom stereocenters. The molecule has 1 aliphatic carbocycles. The Morgan fingerprint density at radius 1 is 1.23 bits per heavy atom. The average molecular weight is 490 g/mol. The van der Waals surface area contributed by atoms with Crippen LogP contribution in [-0.2, 0) is 23.2 Å². The number of aliphatic hydroxyl groups is 1. The van der Waals surface area contributed by atoms with Gasteiger partial charge in [0.15, 0.2) is 6.10 Å². The summed E-state index contributed by atoms with van der Waals surface area (Å²) in [5, 5.41) is 11.1. The van der Waals surface area contributed by atoms with Crippen LogP contribution in [0.1, 0.15) is 66.1 Å². The lowest BCUT2D eigenvalue weighted by Gasteiger charge is -2.24. The molecule has 7 heteroatoms. The number of halogens is 1. The first-order chi connectivity index (χ1) is 16.8. The molecule has 3 aromatic rings. The van der Waals surface area contributed by atoms with Gasteiger partial charge >= 0.3 is 0 Å². The first kappa shape index (κ1) is 23.5. The van der Waals surface area contributed by atoms with Gasteiger partial charge in [0.2, 0.25) is 0 Å². The van der Waals surface area contributed by atoms with E-state index in [9.17, 15) is 14.7 Å². The van der Waals surface area contributed by atoms with E-state index in [0.29, 0.717) is 41.4 Å². The normalized spacial score (nSPS) is 17.3. The number of nitrogens with one attached hydrogen (secondary N) is 1. The van der Waals surface area contributed by atoms with Crippen LogP contribution >= 0.6 is 11.6 Å². The number of aryl methyl sites for hydroxylation is 1. The quantitative estimate of drug-likeness (QED) is 0.550. The Kier molecular flexibility index (Phi) is 6.11. The van der Waals surface area contributed by atoms with Gasteiger partial charge in [0.1, 0.15) is 5.82 Å². The van der Waals surface area contributed by atoms with Crippen LogP contribution in [0.4, 0.5) is 0 Å². The number of allylic oxidation sites excluding steroid dienone is 1. The molecule has 1 aromatic heterocycles. The van der Waals surface area contributed by atoms with Crippen LogP contribution in [0.15, 0.2) is 59.9 Å². The molecule has 0 unspecified atom stereocenters. The van der Waals surface area contributed by atoms with E-state index >= 15 is 0 Å². The Bertz CT molecular complexity index is 1380. The van der Waals surface area contributed by atoms with Gasteiger partial charge in [0.05, 0.1) is 23.2 Å². The number of hydrogen-bond acceptors (Lipinski definition) is 4. The van der Waals surface area contributed by atoms with Gasteiger partial charge in [-0.2, -0.15) is 0 Å². The van der Waals surface area contributed by atoms with Crippen LogP contribution in [0.3, 0.4) is 0 Å². The van der Waals surface area contributed by atoms with Gasteiger partial charge in [0, 0.05) is 11.6 Å². The van der Waals surface area contributed by atoms with Gasteiger partial charge in [-0.1, -0.05) is 60.2 Å². The van der Waals surface area contributed by atoms with Crippen molar-refractivity contribution < 1.29 is 9.90 Å². The molecule has 2 N–H and O–H groups in total. The van der Waals surface area contributed by atoms with E-state index < -0.39 is 12.0 Å². The highest BCUT2D eigenvalue weighted by Gasteiger charge is 2.48. The molecule has 180 valence electrons. The molecule has 6 nitrogen and oxygen atoms in total. The van der Waals surface area contributed by atoms with E-state index in [4.69, 9.17) is 16.6 Å². The summed E-state index contributed by atoms with van der Waals surface area (Å²) in [5.74, 6) is 0.248. The third-order valence-corrected chi connectivity index (χ3v) is 7.35. The summed E-state index contributed by atoms with van der Waals surface area (Å²) < 4.78 is 0. The minimum absolute atomic E-state index is 0.118. The van der Waals surface area contributed by atoms with Gasteiger partial charge in [-0.3, -0.25) is 9.59 Å². The van der Waals surface area contributed by atoms with Crippen LogP contribution < -0.4 is 5.56 Å². The monoisotopic (exact) mass is 489 g/mol. The predicted octanol–water partition coefficient (Wildman–Crippen LogP) is 4.54. The lowest BCUT2D eigenvalue weighted by molar-refractivity contribution is -0.141. The SMILES string of the molecule is C=C(C)c1cccc(C2(c3nc4c(c(=O)[nH]3)CN(C(=O)[C@H](O)c3cccc(Cl)c3)CCC4)CC2)c1. The zero-order chi connectivity index (χ0) is 24.7. The molecule has 1 saturated carbocycles. The molecule has 0 spiro atoms. The lowest BCUT2D eigenvalue weighted by Crippen LogP contribution is -2.36. The zero-order valence-corrected chi connectivity index (χ0v) is 20.4. The van der Waals surface area contributed by atoms with Crippen molar-refractivity contribution in [3.63, 3.8) is 0 Å². The molecule has 1 amide bonds. The van der Waals surface area contributed by atoms with Gasteiger partial charge in [0.25, 0.3) is 11.5 Å². The molecule has 5 rings (SSSR count). The molecule has 2 aromatic carbocycles. The Morgan fingerprint density at radius 3 is 2.71 bits per heavy atom. The van der Waals surface area contributed by atoms with Crippen LogP contribution in [0.2, 0.25) is 5.02 Å². The number of aromatic amines is 1. The minimum atomic E-state index is -1.34. The second-order valence-electron chi connectivity index (χ2n) is 9.60. The standard InChI is InChI=1S/C28H28ClN3O3/c1-17(2)18-6-3-8-20(14-18)28(11-12-28)27-30-23-10-5-13-32(16-22(23)25(34)31-27)26(35)24(33)19-7-4-9-21(29)15-19/h3-4,6-9,14-15,24,33H,1,5,10-13,16H2,2H3,(H,30,31,34)/t24-/m1/s1. The highest BCUT2D eigenvalue weighted by molar-refractivity contribution is 6.30. The van der Waals surface area contributed by atoms with E-state index in [1.807, 2.05) is 19.1 Å². The number of aromatic nitrogens is 2. The average Bonchev–Trinajstić information content (AvgIpc) is 3.68. The van der Waals surface area contributed by atoms with Crippen molar-refractivity contribution in [2.24, 2.45) is 0 Å². The zero-order valence-electron chi connectivity index (χ0n) is 19.7. The lowest BCUT2D eigenvalue weighted by atomic mass is 9.92. The van der Waals surface area contributed by atoms with Crippen LogP contribution in [0.25, 0.3) is 5.57 Å². The van der Waals surface area contributed by atoms with Gasteiger partial charge in [-0.15, -0.1) is 0 Å². The summed E-state index contributed by atoms with van der Waals surface area (Å²) in [7, 11) is 0. The highest BCUT2D eigenvalue weighted by Crippen LogP contribution is 2.52. The molecule has 1 fully saturated rings. The fourth-order valence-electron chi connectivity index (χ4n) is 4.90. The second-order valence-corrected chi connectivity index (χ2v) is 10.0. The number of benzene rings is 2. The minimum Gasteiger partial charge on any atom is -0.378 e. The van der Waals surface area contributed by atoms with Gasteiger partial charge in [-0.05, 0) is 61.4 Å². The van der Waals surface area contributed by atoms with Crippen molar-refractivity contribution in [3.05, 3.63) is 104 Å². The number of fused-ring (bicyclic) bond motifs is 1. The van der Waals surface area contributed by atoms with E-state index in [2.05, 4.69) is 23.7 Å². The molecule has 2 heterocycles. The van der Waals surface area contributed by atoms with E-state index in [1.54, 1.807) is 24.3 Å². The van der Waals surface area contributed by atoms with E-state index in [1.165, 1.54) is 4.90 Å². The number of nitrogens with zero attached hydrogens (tertiary/aromatic N) is 2. The maximum absolute atomic E-state index is 13.2. The fraction of sp³-hybridized carbons (Fsp3) is 0.321. The molecule has 35 heavy (non-hydrogen) atoms. The van der Waals surface area contributed by atoms with Gasteiger partial charge in [-0.25, -0.2) is 4.98 Å². The van der Waals surface area contributed by atoms with Crippen molar-refractivity contribution in [2.45, 2.75) is 50.7 Å². The summed E-state index contributed by atoms with van der Waals surface area (Å²) in [4.78, 5) is 35.8. The Morgan fingerprint density at radius 2 is 2.00 bits per heavy atom. The van der Waals surface area contributed by atoms with Crippen molar-refractivity contribution in [1.82, 2.24) is 14.9 Å². The number of rotatable bonds is 5. The fourth-order valence-corrected chi connectivity index (χ4v) is 5.10. The Hall–Kier alpha value is -3.22. The van der Waals surface area contributed by atoms with Crippen LogP contribution in [0, 0.1) is 0 Å². The highest BCUT2D eigenvalue weighted by atomic mass is 35.5. The number of carbonyl (C=O) groups excluding carboxylic acids is 1. The molecule has 0 bridgehead atoms. The molecule has 0 saturated heterocycles. The number of aliphatic hydroxyl groups excluding tert-OH is 1. The van der Waals surface area contributed by atoms with Crippen molar-refractivity contribution >= 4 is 23.1 Å². The largest absolute Gasteiger partial charge is 0.378 e. The topological polar surface area (TPSA) is 86.3 Å². The Labute approximate surface area is 209 Å². The summed E-state index contributed by atoms with van der Waals surface area (Å²) >= 11 is 6.02. The predicted molar refractivity (Wildman–Crippen MR) is 136 cm³/mol. The van der Waals surface area contributed by atoms with E-state index in [0.717, 1.165) is 35.2 Å². The summed E-state index contributed by atoms with van der Waals surface area (Å²) in [6, 6.07) is 14.9. The number of carbonyl (C=O) groups is 1. The van der Waals surface area contributed by atoms with Gasteiger partial charge < -0.3 is 15.0 Å². The van der Waals surface area contributed by atoms with Crippen LogP contribution in [-0.4, -0.2) is 32.4 Å². The second kappa shape index (κ2) is 9.10. The van der Waals surface area contributed by atoms with Crippen molar-refractivity contribution in [2.75, 3.05) is 6.54 Å². The maximum atomic E-state index is 13.2. The summed E-state index contributed by atoms with van der Waals surface area (Å²) in [6.45, 7) is 6.59. The maximum Gasteiger partial charge on any atom is 0.256 e. The first-order valence-electron chi connectivity index (χ1n) is 11.9. The van der Waals surface area contributed by atoms with Crippen LogP contribution in [0.5, 0.6) is 0 Å². The van der Waals surface area contributed by atoms with E-state index in [-0.39, 0.29) is 17.5 Å². The summed E-state index contributed by atoms with van der Waals surface area (Å²) in [6.07, 6.45) is 1.77. The molecular formula is C28H28ClN3O3. The first-order valence-corrected chi connectivity index (χ1v) is 12.3. The summed E-state index contributed by atoms with van der Waals surface area (Å²) in [5.41, 5.74) is 4.36. The third kappa shape index (κ3) is 4.44. The molecule has 1 aliphatic heterocycles. The molecular weight excluding hydrogens is 462 g/mol. The Balaban J connectivity index is 1.44. The smallest absolute Gasteiger partial charge is 0.256 e.